The van der Waals surface area contributed by atoms with Crippen molar-refractivity contribution < 1.29 is 4.39 Å². The average Bonchev–Trinajstić information content (AvgIpc) is 2.95. The highest BCUT2D eigenvalue weighted by molar-refractivity contribution is 5.79. The standard InChI is InChI=1S/C17H25FN6/c1-5-19-16(20-10-15-22-12-23-24(15)4)21-11-17(2,3)13-8-6-7-9-14(13)18/h6-9,12H,5,10-11H2,1-4H3,(H2,19,20,21). The van der Waals surface area contributed by atoms with E-state index in [0.717, 1.165) is 12.4 Å². The van der Waals surface area contributed by atoms with Crippen LogP contribution in [-0.4, -0.2) is 33.8 Å². The molecule has 2 rings (SSSR count). The topological polar surface area (TPSA) is 67.1 Å². The third-order valence-corrected chi connectivity index (χ3v) is 3.83. The average molecular weight is 332 g/mol. The van der Waals surface area contributed by atoms with Gasteiger partial charge in [-0.25, -0.2) is 14.4 Å². The maximum absolute atomic E-state index is 14.0. The first-order chi connectivity index (χ1) is 11.4. The Balaban J connectivity index is 2.05. The molecule has 7 heteroatoms. The second-order valence-corrected chi connectivity index (χ2v) is 6.21. The smallest absolute Gasteiger partial charge is 0.191 e. The monoisotopic (exact) mass is 332 g/mol. The van der Waals surface area contributed by atoms with E-state index in [4.69, 9.17) is 0 Å². The highest BCUT2D eigenvalue weighted by atomic mass is 19.1. The molecule has 24 heavy (non-hydrogen) atoms. The summed E-state index contributed by atoms with van der Waals surface area (Å²) in [7, 11) is 1.83. The van der Waals surface area contributed by atoms with Crippen LogP contribution in [-0.2, 0) is 19.0 Å². The molecule has 1 aromatic heterocycles. The SMILES string of the molecule is CCNC(=NCc1ncnn1C)NCC(C)(C)c1ccccc1F. The number of guanidine groups is 1. The van der Waals surface area contributed by atoms with Gasteiger partial charge in [0.2, 0.25) is 0 Å². The lowest BCUT2D eigenvalue weighted by Crippen LogP contribution is -2.43. The first-order valence-corrected chi connectivity index (χ1v) is 8.04. The second kappa shape index (κ2) is 7.90. The number of aliphatic imine (C=N–C) groups is 1. The van der Waals surface area contributed by atoms with Crippen LogP contribution in [0.2, 0.25) is 0 Å². The fourth-order valence-corrected chi connectivity index (χ4v) is 2.36. The van der Waals surface area contributed by atoms with E-state index in [9.17, 15) is 4.39 Å². The number of aryl methyl sites for hydroxylation is 1. The van der Waals surface area contributed by atoms with Gasteiger partial charge < -0.3 is 10.6 Å². The van der Waals surface area contributed by atoms with E-state index < -0.39 is 0 Å². The summed E-state index contributed by atoms with van der Waals surface area (Å²) in [5.74, 6) is 1.26. The van der Waals surface area contributed by atoms with Crippen molar-refractivity contribution in [2.75, 3.05) is 13.1 Å². The predicted molar refractivity (Wildman–Crippen MR) is 93.2 cm³/mol. The van der Waals surface area contributed by atoms with Crippen LogP contribution in [0.1, 0.15) is 32.2 Å². The number of halogens is 1. The largest absolute Gasteiger partial charge is 0.357 e. The van der Waals surface area contributed by atoms with Gasteiger partial charge in [0, 0.05) is 25.6 Å². The molecule has 0 aliphatic carbocycles. The lowest BCUT2D eigenvalue weighted by atomic mass is 9.84. The van der Waals surface area contributed by atoms with Gasteiger partial charge in [-0.1, -0.05) is 32.0 Å². The number of rotatable bonds is 6. The molecule has 0 fully saturated rings. The third-order valence-electron chi connectivity index (χ3n) is 3.83. The fourth-order valence-electron chi connectivity index (χ4n) is 2.36. The lowest BCUT2D eigenvalue weighted by molar-refractivity contribution is 0.473. The van der Waals surface area contributed by atoms with Crippen molar-refractivity contribution in [3.8, 4) is 0 Å². The minimum atomic E-state index is -0.369. The van der Waals surface area contributed by atoms with E-state index in [-0.39, 0.29) is 11.2 Å². The third kappa shape index (κ3) is 4.53. The number of nitrogens with zero attached hydrogens (tertiary/aromatic N) is 4. The predicted octanol–water partition coefficient (Wildman–Crippen LogP) is 1.99. The molecule has 0 aliphatic rings. The molecule has 0 atom stereocenters. The maximum Gasteiger partial charge on any atom is 0.191 e. The molecule has 0 bridgehead atoms. The number of aromatic nitrogens is 3. The van der Waals surface area contributed by atoms with Crippen molar-refractivity contribution in [1.29, 1.82) is 0 Å². The number of benzene rings is 1. The van der Waals surface area contributed by atoms with E-state index in [0.29, 0.717) is 24.6 Å². The maximum atomic E-state index is 14.0. The zero-order valence-corrected chi connectivity index (χ0v) is 14.7. The highest BCUT2D eigenvalue weighted by Crippen LogP contribution is 2.24. The van der Waals surface area contributed by atoms with E-state index in [1.54, 1.807) is 10.7 Å². The molecule has 0 unspecified atom stereocenters. The van der Waals surface area contributed by atoms with Gasteiger partial charge in [0.1, 0.15) is 24.5 Å². The summed E-state index contributed by atoms with van der Waals surface area (Å²) in [5.41, 5.74) is 0.313. The summed E-state index contributed by atoms with van der Waals surface area (Å²) in [6, 6.07) is 6.87. The van der Waals surface area contributed by atoms with Gasteiger partial charge >= 0.3 is 0 Å². The van der Waals surface area contributed by atoms with Crippen LogP contribution in [0.25, 0.3) is 0 Å². The van der Waals surface area contributed by atoms with Crippen molar-refractivity contribution in [2.45, 2.75) is 32.7 Å². The molecule has 130 valence electrons. The normalized spacial score (nSPS) is 12.3. The Kier molecular flexibility index (Phi) is 5.89. The minimum absolute atomic E-state index is 0.190. The molecule has 0 radical (unpaired) electrons. The zero-order chi connectivity index (χ0) is 17.6. The Hall–Kier alpha value is -2.44. The van der Waals surface area contributed by atoms with E-state index in [1.165, 1.54) is 12.4 Å². The van der Waals surface area contributed by atoms with Crippen molar-refractivity contribution >= 4 is 5.96 Å². The van der Waals surface area contributed by atoms with Crippen LogP contribution in [0, 0.1) is 5.82 Å². The molecule has 0 saturated carbocycles. The van der Waals surface area contributed by atoms with Crippen LogP contribution in [0.5, 0.6) is 0 Å². The Labute approximate surface area is 142 Å². The first kappa shape index (κ1) is 17.9. The number of hydrogen-bond donors (Lipinski definition) is 2. The quantitative estimate of drug-likeness (QED) is 0.627. The van der Waals surface area contributed by atoms with E-state index >= 15 is 0 Å². The summed E-state index contributed by atoms with van der Waals surface area (Å²) in [6.07, 6.45) is 1.51. The van der Waals surface area contributed by atoms with Crippen LogP contribution >= 0.6 is 0 Å². The van der Waals surface area contributed by atoms with Gasteiger partial charge in [-0.3, -0.25) is 4.68 Å². The zero-order valence-electron chi connectivity index (χ0n) is 14.7. The summed E-state index contributed by atoms with van der Waals surface area (Å²) >= 11 is 0. The summed E-state index contributed by atoms with van der Waals surface area (Å²) in [6.45, 7) is 7.73. The summed E-state index contributed by atoms with van der Waals surface area (Å²) < 4.78 is 15.7. The minimum Gasteiger partial charge on any atom is -0.357 e. The van der Waals surface area contributed by atoms with Gasteiger partial charge in [-0.15, -0.1) is 0 Å². The Bertz CT molecular complexity index is 692. The van der Waals surface area contributed by atoms with Crippen LogP contribution in [0.15, 0.2) is 35.6 Å². The molecular formula is C17H25FN6. The molecule has 1 aromatic carbocycles. The van der Waals surface area contributed by atoms with Crippen molar-refractivity contribution in [3.05, 3.63) is 47.8 Å². The number of hydrogen-bond acceptors (Lipinski definition) is 3. The lowest BCUT2D eigenvalue weighted by Gasteiger charge is -2.27. The van der Waals surface area contributed by atoms with Crippen LogP contribution in [0.3, 0.4) is 0 Å². The molecule has 0 saturated heterocycles. The summed E-state index contributed by atoms with van der Waals surface area (Å²) in [5, 5.41) is 10.5. The van der Waals surface area contributed by atoms with Gasteiger partial charge in [0.05, 0.1) is 0 Å². The van der Waals surface area contributed by atoms with Gasteiger partial charge in [0.15, 0.2) is 5.96 Å². The Morgan fingerprint density at radius 1 is 1.29 bits per heavy atom. The Morgan fingerprint density at radius 3 is 2.67 bits per heavy atom. The molecule has 2 aromatic rings. The van der Waals surface area contributed by atoms with E-state index in [2.05, 4.69) is 25.7 Å². The molecule has 0 amide bonds. The van der Waals surface area contributed by atoms with Crippen molar-refractivity contribution in [2.24, 2.45) is 12.0 Å². The molecule has 0 aliphatic heterocycles. The second-order valence-electron chi connectivity index (χ2n) is 6.21. The number of nitrogens with one attached hydrogen (secondary N) is 2. The first-order valence-electron chi connectivity index (χ1n) is 8.04. The molecule has 6 nitrogen and oxygen atoms in total. The summed E-state index contributed by atoms with van der Waals surface area (Å²) in [4.78, 5) is 8.67. The van der Waals surface area contributed by atoms with Crippen molar-refractivity contribution in [1.82, 2.24) is 25.4 Å². The van der Waals surface area contributed by atoms with Gasteiger partial charge in [0.25, 0.3) is 0 Å². The Morgan fingerprint density at radius 2 is 2.04 bits per heavy atom. The molecule has 1 heterocycles. The van der Waals surface area contributed by atoms with Crippen molar-refractivity contribution in [3.63, 3.8) is 0 Å². The van der Waals surface area contributed by atoms with Gasteiger partial charge in [-0.05, 0) is 18.6 Å². The molecular weight excluding hydrogens is 307 g/mol. The van der Waals surface area contributed by atoms with E-state index in [1.807, 2.05) is 40.0 Å². The van der Waals surface area contributed by atoms with Gasteiger partial charge in [-0.2, -0.15) is 5.10 Å². The highest BCUT2D eigenvalue weighted by Gasteiger charge is 2.24. The molecule has 2 N–H and O–H groups in total. The molecule has 0 spiro atoms. The van der Waals surface area contributed by atoms with Crippen LogP contribution < -0.4 is 10.6 Å². The fraction of sp³-hybridized carbons (Fsp3) is 0.471. The van der Waals surface area contributed by atoms with Crippen LogP contribution in [0.4, 0.5) is 4.39 Å².